The Kier molecular flexibility index (Phi) is 2.09. The second-order valence-corrected chi connectivity index (χ2v) is 4.48. The largest absolute Gasteiger partial charge is 0.478 e. The van der Waals surface area contributed by atoms with Gasteiger partial charge in [-0.2, -0.15) is 0 Å². The molecule has 3 nitrogen and oxygen atoms in total. The molecule has 14 heavy (non-hydrogen) atoms. The Hall–Kier alpha value is -1.26. The quantitative estimate of drug-likeness (QED) is 0.737. The Balaban J connectivity index is 2.80. The highest BCUT2D eigenvalue weighted by Gasteiger charge is 2.12. The first-order valence-corrected chi connectivity index (χ1v) is 5.00. The van der Waals surface area contributed by atoms with Crippen molar-refractivity contribution < 1.29 is 9.90 Å². The SMILES string of the molecule is Nc1c(C(=O)O)ccc2cc(Cl)sc12. The van der Waals surface area contributed by atoms with Crippen LogP contribution in [0.2, 0.25) is 4.34 Å². The predicted octanol–water partition coefficient (Wildman–Crippen LogP) is 2.84. The molecule has 0 atom stereocenters. The number of fused-ring (bicyclic) bond motifs is 1. The number of thiophene rings is 1. The molecule has 0 amide bonds. The molecule has 0 radical (unpaired) electrons. The van der Waals surface area contributed by atoms with E-state index in [1.807, 2.05) is 0 Å². The van der Waals surface area contributed by atoms with Gasteiger partial charge in [-0.25, -0.2) is 4.79 Å². The van der Waals surface area contributed by atoms with E-state index in [-0.39, 0.29) is 11.3 Å². The van der Waals surface area contributed by atoms with Gasteiger partial charge in [0.1, 0.15) is 0 Å². The smallest absolute Gasteiger partial charge is 0.337 e. The van der Waals surface area contributed by atoms with E-state index in [1.54, 1.807) is 12.1 Å². The van der Waals surface area contributed by atoms with Crippen molar-refractivity contribution >= 4 is 44.7 Å². The Morgan fingerprint density at radius 2 is 2.21 bits per heavy atom. The van der Waals surface area contributed by atoms with Crippen LogP contribution in [0.15, 0.2) is 18.2 Å². The second kappa shape index (κ2) is 3.15. The van der Waals surface area contributed by atoms with E-state index in [0.717, 1.165) is 10.1 Å². The summed E-state index contributed by atoms with van der Waals surface area (Å²) in [5.41, 5.74) is 6.11. The van der Waals surface area contributed by atoms with Crippen molar-refractivity contribution in [2.75, 3.05) is 5.73 Å². The third-order valence-corrected chi connectivity index (χ3v) is 3.24. The fourth-order valence-electron chi connectivity index (χ4n) is 1.28. The molecular formula is C9H6ClNO2S. The molecular weight excluding hydrogens is 222 g/mol. The maximum Gasteiger partial charge on any atom is 0.337 e. The van der Waals surface area contributed by atoms with Crippen molar-refractivity contribution in [1.82, 2.24) is 0 Å². The van der Waals surface area contributed by atoms with Gasteiger partial charge in [-0.15, -0.1) is 11.3 Å². The maximum absolute atomic E-state index is 10.8. The summed E-state index contributed by atoms with van der Waals surface area (Å²) in [5.74, 6) is -1.02. The number of hydrogen-bond donors (Lipinski definition) is 2. The molecule has 0 aliphatic carbocycles. The Morgan fingerprint density at radius 1 is 1.50 bits per heavy atom. The molecule has 1 aromatic carbocycles. The van der Waals surface area contributed by atoms with Gasteiger partial charge in [0.15, 0.2) is 0 Å². The third kappa shape index (κ3) is 1.32. The van der Waals surface area contributed by atoms with Crippen LogP contribution in [0.1, 0.15) is 10.4 Å². The summed E-state index contributed by atoms with van der Waals surface area (Å²) in [6.45, 7) is 0. The minimum atomic E-state index is -1.02. The molecule has 0 spiro atoms. The lowest BCUT2D eigenvalue weighted by Crippen LogP contribution is -2.01. The van der Waals surface area contributed by atoms with E-state index in [2.05, 4.69) is 0 Å². The molecule has 2 aromatic rings. The zero-order valence-corrected chi connectivity index (χ0v) is 8.52. The molecule has 0 saturated carbocycles. The van der Waals surface area contributed by atoms with Gasteiger partial charge < -0.3 is 10.8 Å². The van der Waals surface area contributed by atoms with Crippen LogP contribution < -0.4 is 5.73 Å². The first kappa shape index (κ1) is 9.30. The van der Waals surface area contributed by atoms with Gasteiger partial charge >= 0.3 is 5.97 Å². The van der Waals surface area contributed by atoms with E-state index in [0.29, 0.717) is 4.34 Å². The zero-order chi connectivity index (χ0) is 10.3. The minimum Gasteiger partial charge on any atom is -0.478 e. The van der Waals surface area contributed by atoms with Crippen molar-refractivity contribution in [3.05, 3.63) is 28.1 Å². The molecule has 0 fully saturated rings. The lowest BCUT2D eigenvalue weighted by molar-refractivity contribution is 0.0698. The van der Waals surface area contributed by atoms with Crippen molar-refractivity contribution in [2.24, 2.45) is 0 Å². The molecule has 2 rings (SSSR count). The molecule has 72 valence electrons. The van der Waals surface area contributed by atoms with Crippen LogP contribution in [0.4, 0.5) is 5.69 Å². The summed E-state index contributed by atoms with van der Waals surface area (Å²) in [7, 11) is 0. The predicted molar refractivity (Wildman–Crippen MR) is 58.2 cm³/mol. The molecule has 0 aliphatic heterocycles. The van der Waals surface area contributed by atoms with Crippen molar-refractivity contribution in [1.29, 1.82) is 0 Å². The van der Waals surface area contributed by atoms with Gasteiger partial charge in [-0.1, -0.05) is 17.7 Å². The second-order valence-electron chi connectivity index (χ2n) is 2.80. The summed E-state index contributed by atoms with van der Waals surface area (Å²) < 4.78 is 1.34. The summed E-state index contributed by atoms with van der Waals surface area (Å²) in [4.78, 5) is 10.8. The average molecular weight is 228 g/mol. The molecule has 5 heteroatoms. The molecule has 1 heterocycles. The number of halogens is 1. The Morgan fingerprint density at radius 3 is 2.86 bits per heavy atom. The van der Waals surface area contributed by atoms with Gasteiger partial charge in [0.2, 0.25) is 0 Å². The molecule has 0 saturated heterocycles. The fraction of sp³-hybridized carbons (Fsp3) is 0. The normalized spacial score (nSPS) is 10.6. The van der Waals surface area contributed by atoms with Crippen LogP contribution in [0.3, 0.4) is 0 Å². The van der Waals surface area contributed by atoms with E-state index in [9.17, 15) is 4.79 Å². The molecule has 0 aliphatic rings. The molecule has 1 aromatic heterocycles. The summed E-state index contributed by atoms with van der Waals surface area (Å²) in [6, 6.07) is 4.96. The Labute approximate surface area is 88.7 Å². The van der Waals surface area contributed by atoms with E-state index in [1.165, 1.54) is 17.4 Å². The number of carboxylic acid groups (broad SMARTS) is 1. The van der Waals surface area contributed by atoms with Crippen LogP contribution in [0, 0.1) is 0 Å². The number of aromatic carboxylic acids is 1. The number of hydrogen-bond acceptors (Lipinski definition) is 3. The highest BCUT2D eigenvalue weighted by atomic mass is 35.5. The number of carboxylic acids is 1. The monoisotopic (exact) mass is 227 g/mol. The number of rotatable bonds is 1. The number of nitrogens with two attached hydrogens (primary N) is 1. The number of anilines is 1. The summed E-state index contributed by atoms with van der Waals surface area (Å²) in [5, 5.41) is 9.70. The van der Waals surface area contributed by atoms with Gasteiger partial charge in [0.05, 0.1) is 20.3 Å². The minimum absolute atomic E-state index is 0.121. The van der Waals surface area contributed by atoms with Crippen LogP contribution in [0.5, 0.6) is 0 Å². The number of carbonyl (C=O) groups is 1. The average Bonchev–Trinajstić information content (AvgIpc) is 2.46. The highest BCUT2D eigenvalue weighted by Crippen LogP contribution is 2.35. The number of nitrogen functional groups attached to an aromatic ring is 1. The zero-order valence-electron chi connectivity index (χ0n) is 6.95. The van der Waals surface area contributed by atoms with Crippen LogP contribution in [-0.4, -0.2) is 11.1 Å². The topological polar surface area (TPSA) is 63.3 Å². The fourth-order valence-corrected chi connectivity index (χ4v) is 2.47. The van der Waals surface area contributed by atoms with Crippen LogP contribution in [-0.2, 0) is 0 Å². The van der Waals surface area contributed by atoms with Crippen molar-refractivity contribution in [2.45, 2.75) is 0 Å². The van der Waals surface area contributed by atoms with Crippen LogP contribution in [0.25, 0.3) is 10.1 Å². The van der Waals surface area contributed by atoms with E-state index in [4.69, 9.17) is 22.4 Å². The van der Waals surface area contributed by atoms with Crippen LogP contribution >= 0.6 is 22.9 Å². The van der Waals surface area contributed by atoms with Gasteiger partial charge in [-0.05, 0) is 17.5 Å². The molecule has 3 N–H and O–H groups in total. The lowest BCUT2D eigenvalue weighted by atomic mass is 10.1. The van der Waals surface area contributed by atoms with E-state index >= 15 is 0 Å². The third-order valence-electron chi connectivity index (χ3n) is 1.93. The first-order valence-electron chi connectivity index (χ1n) is 3.80. The lowest BCUT2D eigenvalue weighted by Gasteiger charge is -2.00. The number of benzene rings is 1. The molecule has 0 unspecified atom stereocenters. The Bertz CT molecular complexity index is 521. The standard InChI is InChI=1S/C9H6ClNO2S/c10-6-3-4-1-2-5(9(12)13)7(11)8(4)14-6/h1-3H,11H2,(H,12,13). The molecule has 0 bridgehead atoms. The van der Waals surface area contributed by atoms with E-state index < -0.39 is 5.97 Å². The summed E-state index contributed by atoms with van der Waals surface area (Å²) in [6.07, 6.45) is 0. The van der Waals surface area contributed by atoms with Crippen molar-refractivity contribution in [3.63, 3.8) is 0 Å². The van der Waals surface area contributed by atoms with Gasteiger partial charge in [-0.3, -0.25) is 0 Å². The summed E-state index contributed by atoms with van der Waals surface area (Å²) >= 11 is 7.09. The maximum atomic E-state index is 10.8. The first-order chi connectivity index (χ1) is 6.59. The highest BCUT2D eigenvalue weighted by molar-refractivity contribution is 7.23. The van der Waals surface area contributed by atoms with Gasteiger partial charge in [0.25, 0.3) is 0 Å². The van der Waals surface area contributed by atoms with Crippen molar-refractivity contribution in [3.8, 4) is 0 Å². The van der Waals surface area contributed by atoms with Gasteiger partial charge in [0, 0.05) is 0 Å².